The minimum absolute atomic E-state index is 0.224. The molecule has 1 aromatic rings. The van der Waals surface area contributed by atoms with E-state index in [9.17, 15) is 15.2 Å². The summed E-state index contributed by atoms with van der Waals surface area (Å²) < 4.78 is 0. The van der Waals surface area contributed by atoms with Crippen LogP contribution in [0.1, 0.15) is 52.7 Å². The zero-order chi connectivity index (χ0) is 14.3. The summed E-state index contributed by atoms with van der Waals surface area (Å²) in [5.74, 6) is -0.472. The van der Waals surface area contributed by atoms with Gasteiger partial charge in [0, 0.05) is 6.07 Å². The van der Waals surface area contributed by atoms with Crippen LogP contribution in [-0.2, 0) is 10.8 Å². The molecule has 0 heterocycles. The predicted octanol–water partition coefficient (Wildman–Crippen LogP) is 3.26. The van der Waals surface area contributed by atoms with Crippen molar-refractivity contribution < 1.29 is 10.0 Å². The van der Waals surface area contributed by atoms with Gasteiger partial charge in [0.15, 0.2) is 0 Å². The van der Waals surface area contributed by atoms with Gasteiger partial charge in [-0.2, -0.15) is 0 Å². The minimum Gasteiger partial charge on any atom is -0.868 e. The van der Waals surface area contributed by atoms with Crippen LogP contribution in [0.5, 0.6) is 5.75 Å². The van der Waals surface area contributed by atoms with Crippen molar-refractivity contribution in [1.29, 1.82) is 0 Å². The van der Waals surface area contributed by atoms with Gasteiger partial charge in [-0.1, -0.05) is 47.6 Å². The molecule has 4 nitrogen and oxygen atoms in total. The van der Waals surface area contributed by atoms with Crippen molar-refractivity contribution in [2.45, 2.75) is 52.4 Å². The second kappa shape index (κ2) is 4.26. The van der Waals surface area contributed by atoms with E-state index in [1.807, 2.05) is 41.5 Å². The number of nitro groups is 1. The molecule has 0 amide bonds. The van der Waals surface area contributed by atoms with Crippen LogP contribution in [0.3, 0.4) is 0 Å². The van der Waals surface area contributed by atoms with E-state index in [0.717, 1.165) is 5.56 Å². The molecule has 18 heavy (non-hydrogen) atoms. The van der Waals surface area contributed by atoms with Gasteiger partial charge in [0.1, 0.15) is 0 Å². The highest BCUT2D eigenvalue weighted by Gasteiger charge is 2.25. The van der Waals surface area contributed by atoms with Crippen molar-refractivity contribution in [3.8, 4) is 5.75 Å². The molecule has 0 saturated carbocycles. The highest BCUT2D eigenvalue weighted by molar-refractivity contribution is 5.55. The molecule has 0 bridgehead atoms. The van der Waals surface area contributed by atoms with Gasteiger partial charge in [-0.15, -0.1) is 0 Å². The fraction of sp³-hybridized carbons (Fsp3) is 0.571. The third-order valence-electron chi connectivity index (χ3n) is 2.94. The second-order valence-electron chi connectivity index (χ2n) is 6.63. The van der Waals surface area contributed by atoms with E-state index in [1.165, 1.54) is 6.07 Å². The summed E-state index contributed by atoms with van der Waals surface area (Å²) in [4.78, 5) is 10.4. The summed E-state index contributed by atoms with van der Waals surface area (Å²) in [6.07, 6.45) is 0. The molecule has 0 aliphatic rings. The fourth-order valence-electron chi connectivity index (χ4n) is 1.74. The van der Waals surface area contributed by atoms with Gasteiger partial charge in [-0.3, -0.25) is 10.1 Å². The maximum atomic E-state index is 12.1. The van der Waals surface area contributed by atoms with Crippen molar-refractivity contribution >= 4 is 5.69 Å². The first-order valence-corrected chi connectivity index (χ1v) is 5.95. The molecule has 100 valence electrons. The fourth-order valence-corrected chi connectivity index (χ4v) is 1.74. The third kappa shape index (κ3) is 2.81. The van der Waals surface area contributed by atoms with Crippen molar-refractivity contribution in [2.24, 2.45) is 0 Å². The van der Waals surface area contributed by atoms with E-state index >= 15 is 0 Å². The first-order chi connectivity index (χ1) is 7.94. The number of hydrogen-bond acceptors (Lipinski definition) is 3. The van der Waals surface area contributed by atoms with Gasteiger partial charge in [0.05, 0.1) is 4.92 Å². The molecular formula is C14H20NO3-. The van der Waals surface area contributed by atoms with E-state index in [4.69, 9.17) is 0 Å². The van der Waals surface area contributed by atoms with Crippen molar-refractivity contribution in [1.82, 2.24) is 0 Å². The van der Waals surface area contributed by atoms with Crippen LogP contribution >= 0.6 is 0 Å². The van der Waals surface area contributed by atoms with Crippen molar-refractivity contribution in [2.75, 3.05) is 0 Å². The average molecular weight is 250 g/mol. The molecule has 4 heteroatoms. The summed E-state index contributed by atoms with van der Waals surface area (Å²) in [5.41, 5.74) is 0.370. The monoisotopic (exact) mass is 250 g/mol. The average Bonchev–Trinajstić information content (AvgIpc) is 2.13. The highest BCUT2D eigenvalue weighted by Crippen LogP contribution is 2.39. The summed E-state index contributed by atoms with van der Waals surface area (Å²) in [6, 6.07) is 3.20. The van der Waals surface area contributed by atoms with Gasteiger partial charge in [-0.05, 0) is 27.7 Å². The second-order valence-corrected chi connectivity index (χ2v) is 6.63. The Hall–Kier alpha value is -1.58. The molecule has 0 spiro atoms. The molecule has 0 radical (unpaired) electrons. The maximum Gasteiger partial charge on any atom is 0.262 e. The Labute approximate surface area is 108 Å². The van der Waals surface area contributed by atoms with Crippen LogP contribution in [0.15, 0.2) is 12.1 Å². The summed E-state index contributed by atoms with van der Waals surface area (Å²) in [7, 11) is 0. The predicted molar refractivity (Wildman–Crippen MR) is 69.9 cm³/mol. The first kappa shape index (κ1) is 14.5. The third-order valence-corrected chi connectivity index (χ3v) is 2.94. The summed E-state index contributed by atoms with van der Waals surface area (Å²) in [6.45, 7) is 11.6. The van der Waals surface area contributed by atoms with E-state index in [-0.39, 0.29) is 11.1 Å². The van der Waals surface area contributed by atoms with Gasteiger partial charge < -0.3 is 5.11 Å². The zero-order valence-corrected chi connectivity index (χ0v) is 11.8. The molecule has 0 aliphatic carbocycles. The number of rotatable bonds is 1. The number of benzene rings is 1. The Balaban J connectivity index is 3.63. The molecule has 1 rings (SSSR count). The topological polar surface area (TPSA) is 66.2 Å². The SMILES string of the molecule is CC(C)(C)c1cc([N+](=O)[O-])c([O-])c(C(C)(C)C)c1. The van der Waals surface area contributed by atoms with Gasteiger partial charge in [-0.25, -0.2) is 0 Å². The Morgan fingerprint density at radius 1 is 1.00 bits per heavy atom. The quantitative estimate of drug-likeness (QED) is 0.567. The number of nitrogens with zero attached hydrogens (tertiary/aromatic N) is 1. The molecule has 0 aliphatic heterocycles. The Morgan fingerprint density at radius 2 is 1.50 bits per heavy atom. The van der Waals surface area contributed by atoms with Gasteiger partial charge in [0.25, 0.3) is 5.69 Å². The van der Waals surface area contributed by atoms with Crippen LogP contribution < -0.4 is 5.11 Å². The lowest BCUT2D eigenvalue weighted by atomic mass is 9.80. The molecule has 0 unspecified atom stereocenters. The molecule has 0 fully saturated rings. The number of hydrogen-bond donors (Lipinski definition) is 0. The normalized spacial score (nSPS) is 12.6. The molecule has 1 aromatic carbocycles. The van der Waals surface area contributed by atoms with E-state index in [2.05, 4.69) is 0 Å². The molecule has 0 N–H and O–H groups in total. The first-order valence-electron chi connectivity index (χ1n) is 5.95. The highest BCUT2D eigenvalue weighted by atomic mass is 16.6. The lowest BCUT2D eigenvalue weighted by molar-refractivity contribution is -0.398. The maximum absolute atomic E-state index is 12.1. The van der Waals surface area contributed by atoms with Crippen molar-refractivity contribution in [3.05, 3.63) is 33.4 Å². The molecule has 0 aromatic heterocycles. The summed E-state index contributed by atoms with van der Waals surface area (Å²) in [5, 5.41) is 23.1. The smallest absolute Gasteiger partial charge is 0.262 e. The van der Waals surface area contributed by atoms with Gasteiger partial charge >= 0.3 is 0 Å². The molecule has 0 atom stereocenters. The van der Waals surface area contributed by atoms with E-state index < -0.39 is 16.1 Å². The standard InChI is InChI=1S/C14H21NO3/c1-13(2,3)9-7-10(14(4,5)6)12(16)11(8-9)15(17)18/h7-8,16H,1-6H3/p-1. The summed E-state index contributed by atoms with van der Waals surface area (Å²) >= 11 is 0. The van der Waals surface area contributed by atoms with Crippen LogP contribution in [0.4, 0.5) is 5.69 Å². The minimum atomic E-state index is -0.590. The molecule has 0 saturated heterocycles. The lowest BCUT2D eigenvalue weighted by Crippen LogP contribution is -2.19. The number of nitro benzene ring substituents is 1. The lowest BCUT2D eigenvalue weighted by Gasteiger charge is -2.29. The Morgan fingerprint density at radius 3 is 1.83 bits per heavy atom. The van der Waals surface area contributed by atoms with Crippen LogP contribution in [0, 0.1) is 10.1 Å². The van der Waals surface area contributed by atoms with E-state index in [1.54, 1.807) is 6.07 Å². The van der Waals surface area contributed by atoms with Crippen LogP contribution in [0.2, 0.25) is 0 Å². The van der Waals surface area contributed by atoms with E-state index in [0.29, 0.717) is 5.56 Å². The van der Waals surface area contributed by atoms with Gasteiger partial charge in [0.2, 0.25) is 0 Å². The Bertz CT molecular complexity index is 479. The van der Waals surface area contributed by atoms with Crippen LogP contribution in [-0.4, -0.2) is 4.92 Å². The molecular weight excluding hydrogens is 230 g/mol. The largest absolute Gasteiger partial charge is 0.868 e. The van der Waals surface area contributed by atoms with Crippen LogP contribution in [0.25, 0.3) is 0 Å². The Kier molecular flexibility index (Phi) is 3.43. The van der Waals surface area contributed by atoms with Crippen molar-refractivity contribution in [3.63, 3.8) is 0 Å². The zero-order valence-electron chi connectivity index (χ0n) is 11.8.